The van der Waals surface area contributed by atoms with Gasteiger partial charge in [0, 0.05) is 19.7 Å². The molecule has 19 heavy (non-hydrogen) atoms. The Morgan fingerprint density at radius 2 is 2.21 bits per heavy atom. The summed E-state index contributed by atoms with van der Waals surface area (Å²) in [6.07, 6.45) is 0.822. The van der Waals surface area contributed by atoms with E-state index in [0.717, 1.165) is 19.6 Å². The summed E-state index contributed by atoms with van der Waals surface area (Å²) in [5.41, 5.74) is 2.84. The molecule has 3 nitrogen and oxygen atoms in total. The second-order valence-electron chi connectivity index (χ2n) is 5.42. The van der Waals surface area contributed by atoms with Crippen LogP contribution in [0.2, 0.25) is 0 Å². The van der Waals surface area contributed by atoms with Crippen molar-refractivity contribution in [2.75, 3.05) is 32.8 Å². The van der Waals surface area contributed by atoms with Crippen molar-refractivity contribution >= 4 is 0 Å². The van der Waals surface area contributed by atoms with Crippen molar-refractivity contribution in [1.29, 1.82) is 0 Å². The standard InChI is InChI=1S/C16H25NO2/c1-3-19-12-15(18)11-17-9-8-14(10-17)16-7-5-4-6-13(16)2/h4-7,14-15,18H,3,8-12H2,1-2H3/t14-,15-/m0/s1. The minimum absolute atomic E-state index is 0.365. The van der Waals surface area contributed by atoms with Gasteiger partial charge in [0.25, 0.3) is 0 Å². The van der Waals surface area contributed by atoms with Crippen LogP contribution in [0.4, 0.5) is 0 Å². The normalized spacial score (nSPS) is 21.7. The van der Waals surface area contributed by atoms with Crippen molar-refractivity contribution in [3.8, 4) is 0 Å². The van der Waals surface area contributed by atoms with Gasteiger partial charge < -0.3 is 14.7 Å². The Kier molecular flexibility index (Phi) is 5.37. The second-order valence-corrected chi connectivity index (χ2v) is 5.42. The molecule has 1 N–H and O–H groups in total. The number of hydrogen-bond acceptors (Lipinski definition) is 3. The predicted molar refractivity (Wildman–Crippen MR) is 77.5 cm³/mol. The van der Waals surface area contributed by atoms with E-state index in [4.69, 9.17) is 4.74 Å². The first-order valence-electron chi connectivity index (χ1n) is 7.24. The van der Waals surface area contributed by atoms with Crippen molar-refractivity contribution in [2.24, 2.45) is 0 Å². The fourth-order valence-electron chi connectivity index (χ4n) is 2.90. The molecule has 1 aliphatic heterocycles. The Morgan fingerprint density at radius 3 is 2.95 bits per heavy atom. The molecule has 2 rings (SSSR count). The van der Waals surface area contributed by atoms with Crippen molar-refractivity contribution in [3.63, 3.8) is 0 Å². The number of β-amino-alcohol motifs (C(OH)–C–C–N with tert-alkyl or cyclic N) is 1. The fraction of sp³-hybridized carbons (Fsp3) is 0.625. The molecule has 1 aliphatic rings. The first kappa shape index (κ1) is 14.5. The lowest BCUT2D eigenvalue weighted by Gasteiger charge is -2.20. The van der Waals surface area contributed by atoms with Crippen LogP contribution in [0.15, 0.2) is 24.3 Å². The van der Waals surface area contributed by atoms with E-state index in [9.17, 15) is 5.11 Å². The Balaban J connectivity index is 1.85. The number of aliphatic hydroxyl groups excluding tert-OH is 1. The summed E-state index contributed by atoms with van der Waals surface area (Å²) in [6, 6.07) is 8.63. The number of rotatable bonds is 6. The van der Waals surface area contributed by atoms with Gasteiger partial charge in [0.1, 0.15) is 0 Å². The molecule has 0 bridgehead atoms. The molecule has 3 heteroatoms. The maximum absolute atomic E-state index is 9.89. The number of aliphatic hydroxyl groups is 1. The molecule has 1 aromatic rings. The van der Waals surface area contributed by atoms with Gasteiger partial charge in [-0.15, -0.1) is 0 Å². The molecule has 106 valence electrons. The zero-order valence-electron chi connectivity index (χ0n) is 12.0. The van der Waals surface area contributed by atoms with Gasteiger partial charge in [0.05, 0.1) is 12.7 Å². The third-order valence-corrected chi connectivity index (χ3v) is 3.88. The molecule has 1 fully saturated rings. The molecule has 2 atom stereocenters. The van der Waals surface area contributed by atoms with Crippen LogP contribution in [-0.2, 0) is 4.74 Å². The van der Waals surface area contributed by atoms with Crippen LogP contribution in [0.5, 0.6) is 0 Å². The number of likely N-dealkylation sites (tertiary alicyclic amines) is 1. The zero-order chi connectivity index (χ0) is 13.7. The van der Waals surface area contributed by atoms with Gasteiger partial charge >= 0.3 is 0 Å². The summed E-state index contributed by atoms with van der Waals surface area (Å²) in [5.74, 6) is 0.612. The van der Waals surface area contributed by atoms with E-state index in [1.54, 1.807) is 0 Å². The van der Waals surface area contributed by atoms with Crippen LogP contribution in [-0.4, -0.2) is 49.0 Å². The number of nitrogens with zero attached hydrogens (tertiary/aromatic N) is 1. The predicted octanol–water partition coefficient (Wildman–Crippen LogP) is 2.18. The van der Waals surface area contributed by atoms with Crippen molar-refractivity contribution < 1.29 is 9.84 Å². The van der Waals surface area contributed by atoms with Crippen LogP contribution < -0.4 is 0 Å². The monoisotopic (exact) mass is 263 g/mol. The van der Waals surface area contributed by atoms with Crippen LogP contribution in [0.25, 0.3) is 0 Å². The third-order valence-electron chi connectivity index (χ3n) is 3.88. The molecular weight excluding hydrogens is 238 g/mol. The van der Waals surface area contributed by atoms with Gasteiger partial charge in [-0.25, -0.2) is 0 Å². The van der Waals surface area contributed by atoms with Crippen LogP contribution in [0, 0.1) is 6.92 Å². The number of hydrogen-bond donors (Lipinski definition) is 1. The summed E-state index contributed by atoms with van der Waals surface area (Å²) in [4.78, 5) is 2.35. The van der Waals surface area contributed by atoms with Gasteiger partial charge in [-0.05, 0) is 43.9 Å². The van der Waals surface area contributed by atoms with E-state index < -0.39 is 0 Å². The molecular formula is C16H25NO2. The molecule has 0 amide bonds. The van der Waals surface area contributed by atoms with E-state index in [1.807, 2.05) is 6.92 Å². The Labute approximate surface area is 116 Å². The van der Waals surface area contributed by atoms with E-state index in [0.29, 0.717) is 19.1 Å². The lowest BCUT2D eigenvalue weighted by Crippen LogP contribution is -2.33. The van der Waals surface area contributed by atoms with E-state index in [1.165, 1.54) is 17.5 Å². The Morgan fingerprint density at radius 1 is 1.42 bits per heavy atom. The Bertz CT molecular complexity index is 394. The largest absolute Gasteiger partial charge is 0.389 e. The average Bonchev–Trinajstić information content (AvgIpc) is 2.85. The molecule has 0 saturated carbocycles. The summed E-state index contributed by atoms with van der Waals surface area (Å²) in [7, 11) is 0. The highest BCUT2D eigenvalue weighted by Crippen LogP contribution is 2.29. The Hall–Kier alpha value is -0.900. The topological polar surface area (TPSA) is 32.7 Å². The number of ether oxygens (including phenoxy) is 1. The van der Waals surface area contributed by atoms with Gasteiger partial charge in [-0.3, -0.25) is 0 Å². The molecule has 0 spiro atoms. The van der Waals surface area contributed by atoms with Crippen LogP contribution in [0.1, 0.15) is 30.4 Å². The molecule has 1 aromatic carbocycles. The fourth-order valence-corrected chi connectivity index (χ4v) is 2.90. The molecule has 1 saturated heterocycles. The van der Waals surface area contributed by atoms with Crippen molar-refractivity contribution in [1.82, 2.24) is 4.90 Å². The second kappa shape index (κ2) is 7.04. The van der Waals surface area contributed by atoms with Gasteiger partial charge in [-0.1, -0.05) is 24.3 Å². The van der Waals surface area contributed by atoms with E-state index in [-0.39, 0.29) is 6.10 Å². The summed E-state index contributed by atoms with van der Waals surface area (Å²) in [5, 5.41) is 9.89. The number of benzene rings is 1. The lowest BCUT2D eigenvalue weighted by molar-refractivity contribution is 0.0250. The molecule has 1 heterocycles. The first-order valence-corrected chi connectivity index (χ1v) is 7.24. The van der Waals surface area contributed by atoms with Crippen LogP contribution >= 0.6 is 0 Å². The average molecular weight is 263 g/mol. The smallest absolute Gasteiger partial charge is 0.0900 e. The minimum Gasteiger partial charge on any atom is -0.389 e. The summed E-state index contributed by atoms with van der Waals surface area (Å²) < 4.78 is 5.26. The molecule has 0 aromatic heterocycles. The quantitative estimate of drug-likeness (QED) is 0.854. The van der Waals surface area contributed by atoms with Crippen LogP contribution in [0.3, 0.4) is 0 Å². The van der Waals surface area contributed by atoms with E-state index >= 15 is 0 Å². The SMILES string of the molecule is CCOC[C@@H](O)CN1CC[C@H](c2ccccc2C)C1. The van der Waals surface area contributed by atoms with Gasteiger partial charge in [0.15, 0.2) is 0 Å². The highest BCUT2D eigenvalue weighted by Gasteiger charge is 2.25. The zero-order valence-corrected chi connectivity index (χ0v) is 12.0. The molecule has 0 aliphatic carbocycles. The van der Waals surface area contributed by atoms with E-state index in [2.05, 4.69) is 36.1 Å². The lowest BCUT2D eigenvalue weighted by atomic mass is 9.94. The van der Waals surface area contributed by atoms with Crippen molar-refractivity contribution in [3.05, 3.63) is 35.4 Å². The molecule has 0 unspecified atom stereocenters. The first-order chi connectivity index (χ1) is 9.20. The summed E-state index contributed by atoms with van der Waals surface area (Å²) in [6.45, 7) is 8.10. The maximum Gasteiger partial charge on any atom is 0.0900 e. The third kappa shape index (κ3) is 4.03. The summed E-state index contributed by atoms with van der Waals surface area (Å²) >= 11 is 0. The number of aryl methyl sites for hydroxylation is 1. The highest BCUT2D eigenvalue weighted by atomic mass is 16.5. The maximum atomic E-state index is 9.89. The van der Waals surface area contributed by atoms with Gasteiger partial charge in [-0.2, -0.15) is 0 Å². The highest BCUT2D eigenvalue weighted by molar-refractivity contribution is 5.30. The van der Waals surface area contributed by atoms with Crippen molar-refractivity contribution in [2.45, 2.75) is 32.3 Å². The molecule has 0 radical (unpaired) electrons. The van der Waals surface area contributed by atoms with Gasteiger partial charge in [0.2, 0.25) is 0 Å². The minimum atomic E-state index is -0.365.